The molecule has 9 heteroatoms. The van der Waals surface area contributed by atoms with Crippen LogP contribution in [-0.4, -0.2) is 45.6 Å². The van der Waals surface area contributed by atoms with Crippen LogP contribution in [0.2, 0.25) is 0 Å². The third kappa shape index (κ3) is 4.37. The number of nitrogens with one attached hydrogen (secondary N) is 2. The second-order valence-corrected chi connectivity index (χ2v) is 11.1. The van der Waals surface area contributed by atoms with Crippen molar-refractivity contribution in [1.29, 1.82) is 0 Å². The maximum absolute atomic E-state index is 13.3. The van der Waals surface area contributed by atoms with Crippen molar-refractivity contribution in [3.63, 3.8) is 0 Å². The Morgan fingerprint density at radius 1 is 1.29 bits per heavy atom. The Bertz CT molecular complexity index is 1190. The minimum absolute atomic E-state index is 0.0744. The molecule has 8 nitrogen and oxygen atoms in total. The molecule has 1 fully saturated rings. The van der Waals surface area contributed by atoms with Gasteiger partial charge in [0.05, 0.1) is 45.9 Å². The highest BCUT2D eigenvalue weighted by Crippen LogP contribution is 2.28. The number of benzene rings is 1. The molecule has 3 aromatic rings. The Hall–Kier alpha value is -2.68. The van der Waals surface area contributed by atoms with Gasteiger partial charge >= 0.3 is 0 Å². The molecule has 2 aromatic heterocycles. The van der Waals surface area contributed by atoms with Crippen molar-refractivity contribution in [2.24, 2.45) is 5.92 Å². The summed E-state index contributed by atoms with van der Waals surface area (Å²) in [5.41, 5.74) is 3.61. The first-order chi connectivity index (χ1) is 14.6. The first-order valence-electron chi connectivity index (χ1n) is 10.7. The number of carbonyl (C=O) groups excluding carboxylic acids is 1. The minimum Gasteiger partial charge on any atom is -0.342 e. The first kappa shape index (κ1) is 21.5. The predicted octanol–water partition coefficient (Wildman–Crippen LogP) is 3.25. The van der Waals surface area contributed by atoms with Gasteiger partial charge in [0.15, 0.2) is 9.84 Å². The van der Waals surface area contributed by atoms with Gasteiger partial charge in [-0.15, -0.1) is 0 Å². The number of para-hydroxylation sites is 2. The summed E-state index contributed by atoms with van der Waals surface area (Å²) in [4.78, 5) is 21.3. The Kier molecular flexibility index (Phi) is 5.63. The van der Waals surface area contributed by atoms with E-state index in [1.165, 1.54) is 0 Å². The third-order valence-electron chi connectivity index (χ3n) is 5.86. The van der Waals surface area contributed by atoms with E-state index in [0.717, 1.165) is 23.3 Å². The fourth-order valence-electron chi connectivity index (χ4n) is 4.39. The third-order valence-corrected chi connectivity index (χ3v) is 7.61. The van der Waals surface area contributed by atoms with E-state index in [2.05, 4.69) is 34.2 Å². The van der Waals surface area contributed by atoms with Crippen molar-refractivity contribution in [1.82, 2.24) is 25.1 Å². The molecule has 166 valence electrons. The van der Waals surface area contributed by atoms with E-state index >= 15 is 0 Å². The number of hydrogen-bond acceptors (Lipinski definition) is 5. The number of fused-ring (bicyclic) bond motifs is 1. The monoisotopic (exact) mass is 443 g/mol. The van der Waals surface area contributed by atoms with Crippen LogP contribution in [-0.2, 0) is 9.84 Å². The summed E-state index contributed by atoms with van der Waals surface area (Å²) in [5.74, 6) is 1.11. The average Bonchev–Trinajstić information content (AvgIpc) is 3.35. The summed E-state index contributed by atoms with van der Waals surface area (Å²) in [6, 6.07) is 7.31. The molecule has 4 rings (SSSR count). The number of aromatic nitrogens is 4. The Labute approximate surface area is 182 Å². The molecule has 1 amide bonds. The number of hydrogen-bond donors (Lipinski definition) is 2. The molecule has 2 N–H and O–H groups in total. The van der Waals surface area contributed by atoms with Crippen LogP contribution in [0.5, 0.6) is 0 Å². The van der Waals surface area contributed by atoms with E-state index in [1.807, 2.05) is 31.2 Å². The molecular formula is C22H29N5O3S. The number of aromatic amines is 1. The van der Waals surface area contributed by atoms with Gasteiger partial charge in [-0.25, -0.2) is 13.4 Å². The van der Waals surface area contributed by atoms with Gasteiger partial charge in [-0.1, -0.05) is 26.0 Å². The molecule has 1 aliphatic heterocycles. The summed E-state index contributed by atoms with van der Waals surface area (Å²) in [6.45, 7) is 7.84. The summed E-state index contributed by atoms with van der Waals surface area (Å²) in [5, 5.41) is 7.66. The van der Waals surface area contributed by atoms with Gasteiger partial charge in [-0.05, 0) is 44.7 Å². The number of rotatable bonds is 6. The fraction of sp³-hybridized carbons (Fsp3) is 0.500. The summed E-state index contributed by atoms with van der Waals surface area (Å²) in [6.07, 6.45) is 1.26. The van der Waals surface area contributed by atoms with Crippen molar-refractivity contribution in [2.75, 3.05) is 11.5 Å². The molecule has 0 unspecified atom stereocenters. The van der Waals surface area contributed by atoms with E-state index in [0.29, 0.717) is 29.3 Å². The highest BCUT2D eigenvalue weighted by molar-refractivity contribution is 7.91. The normalized spacial score (nSPS) is 19.2. The fourth-order valence-corrected chi connectivity index (χ4v) is 6.09. The van der Waals surface area contributed by atoms with Crippen molar-refractivity contribution in [2.45, 2.75) is 52.6 Å². The van der Waals surface area contributed by atoms with Crippen molar-refractivity contribution >= 4 is 26.8 Å². The zero-order chi connectivity index (χ0) is 22.3. The lowest BCUT2D eigenvalue weighted by molar-refractivity contribution is 0.0928. The maximum Gasteiger partial charge on any atom is 0.255 e. The number of aryl methyl sites for hydroxylation is 1. The van der Waals surface area contributed by atoms with Crippen LogP contribution < -0.4 is 5.32 Å². The van der Waals surface area contributed by atoms with Crippen molar-refractivity contribution in [3.8, 4) is 0 Å². The molecule has 0 radical (unpaired) electrons. The predicted molar refractivity (Wildman–Crippen MR) is 120 cm³/mol. The summed E-state index contributed by atoms with van der Waals surface area (Å²) < 4.78 is 25.5. The van der Waals surface area contributed by atoms with E-state index in [9.17, 15) is 13.2 Å². The standard InChI is InChI=1S/C22H29N5O3S/c1-13(2)11-19(21-23-17-7-5-6-8-18(17)24-21)25-22(28)20-14(3)26-27(15(20)4)16-9-10-31(29,30)12-16/h5-8,13,16,19H,9-12H2,1-4H3,(H,23,24)(H,25,28)/t16-,19+/m0/s1. The van der Waals surface area contributed by atoms with Gasteiger partial charge in [0.2, 0.25) is 0 Å². The van der Waals surface area contributed by atoms with E-state index < -0.39 is 9.84 Å². The van der Waals surface area contributed by atoms with Crippen LogP contribution in [0.3, 0.4) is 0 Å². The van der Waals surface area contributed by atoms with Gasteiger partial charge < -0.3 is 10.3 Å². The number of sulfone groups is 1. The molecule has 1 saturated heterocycles. The molecule has 0 aliphatic carbocycles. The Balaban J connectivity index is 1.62. The van der Waals surface area contributed by atoms with Crippen LogP contribution in [0.15, 0.2) is 24.3 Å². The zero-order valence-corrected chi connectivity index (χ0v) is 19.2. The Morgan fingerprint density at radius 3 is 2.68 bits per heavy atom. The molecule has 3 heterocycles. The lowest BCUT2D eigenvalue weighted by Gasteiger charge is -2.19. The zero-order valence-electron chi connectivity index (χ0n) is 18.3. The quantitative estimate of drug-likeness (QED) is 0.608. The molecule has 1 aromatic carbocycles. The van der Waals surface area contributed by atoms with Crippen LogP contribution in [0.25, 0.3) is 11.0 Å². The summed E-state index contributed by atoms with van der Waals surface area (Å²) in [7, 11) is -3.04. The van der Waals surface area contributed by atoms with Crippen molar-refractivity contribution in [3.05, 3.63) is 47.0 Å². The lowest BCUT2D eigenvalue weighted by atomic mass is 10.0. The molecule has 0 saturated carbocycles. The number of imidazole rings is 1. The molecule has 0 bridgehead atoms. The molecule has 2 atom stereocenters. The number of amides is 1. The van der Waals surface area contributed by atoms with Crippen LogP contribution in [0.4, 0.5) is 0 Å². The molecule has 31 heavy (non-hydrogen) atoms. The SMILES string of the molecule is Cc1nn([C@H]2CCS(=O)(=O)C2)c(C)c1C(=O)N[C@H](CC(C)C)c1nc2ccccc2[nH]1. The smallest absolute Gasteiger partial charge is 0.255 e. The number of carbonyl (C=O) groups is 1. The summed E-state index contributed by atoms with van der Waals surface area (Å²) >= 11 is 0. The maximum atomic E-state index is 13.3. The second-order valence-electron chi connectivity index (χ2n) is 8.84. The number of nitrogens with zero attached hydrogens (tertiary/aromatic N) is 3. The van der Waals surface area contributed by atoms with Gasteiger partial charge in [-0.2, -0.15) is 5.10 Å². The van der Waals surface area contributed by atoms with Gasteiger partial charge in [0.25, 0.3) is 5.91 Å². The van der Waals surface area contributed by atoms with E-state index in [-0.39, 0.29) is 29.5 Å². The lowest BCUT2D eigenvalue weighted by Crippen LogP contribution is -2.31. The Morgan fingerprint density at radius 2 is 2.03 bits per heavy atom. The van der Waals surface area contributed by atoms with Gasteiger partial charge in [0, 0.05) is 5.69 Å². The highest BCUT2D eigenvalue weighted by atomic mass is 32.2. The molecular weight excluding hydrogens is 414 g/mol. The van der Waals surface area contributed by atoms with Crippen LogP contribution >= 0.6 is 0 Å². The highest BCUT2D eigenvalue weighted by Gasteiger charge is 2.33. The van der Waals surface area contributed by atoms with E-state index in [4.69, 9.17) is 0 Å². The largest absolute Gasteiger partial charge is 0.342 e. The average molecular weight is 444 g/mol. The first-order valence-corrected chi connectivity index (χ1v) is 12.5. The molecule has 0 spiro atoms. The van der Waals surface area contributed by atoms with Crippen LogP contribution in [0.1, 0.15) is 66.3 Å². The minimum atomic E-state index is -3.04. The van der Waals surface area contributed by atoms with Gasteiger partial charge in [-0.3, -0.25) is 9.48 Å². The number of H-pyrrole nitrogens is 1. The van der Waals surface area contributed by atoms with Gasteiger partial charge in [0.1, 0.15) is 5.82 Å². The van der Waals surface area contributed by atoms with E-state index in [1.54, 1.807) is 11.6 Å². The van der Waals surface area contributed by atoms with Crippen molar-refractivity contribution < 1.29 is 13.2 Å². The molecule has 1 aliphatic rings. The van der Waals surface area contributed by atoms with Crippen LogP contribution in [0, 0.1) is 19.8 Å². The topological polar surface area (TPSA) is 110 Å². The second kappa shape index (κ2) is 8.11.